The summed E-state index contributed by atoms with van der Waals surface area (Å²) in [5.74, 6) is 0.633. The number of rotatable bonds is 9. The molecule has 3 nitrogen and oxygen atoms in total. The van der Waals surface area contributed by atoms with Crippen LogP contribution in [0.5, 0.6) is 0 Å². The Bertz CT molecular complexity index is 216. The molecule has 1 atom stereocenters. The average molecular weight is 273 g/mol. The van der Waals surface area contributed by atoms with Crippen LogP contribution < -0.4 is 5.32 Å². The van der Waals surface area contributed by atoms with Crippen LogP contribution in [0.15, 0.2) is 0 Å². The van der Waals surface area contributed by atoms with E-state index in [-0.39, 0.29) is 5.54 Å². The summed E-state index contributed by atoms with van der Waals surface area (Å²) in [4.78, 5) is 0. The van der Waals surface area contributed by atoms with Gasteiger partial charge in [-0.25, -0.2) is 0 Å². The molecule has 0 saturated heterocycles. The summed E-state index contributed by atoms with van der Waals surface area (Å²) in [6.45, 7) is 17.1. The second-order valence-corrected chi connectivity index (χ2v) is 7.44. The smallest absolute Gasteiger partial charge is 0.0487 e. The number of nitrogens with one attached hydrogen (secondary N) is 1. The van der Waals surface area contributed by atoms with Gasteiger partial charge in [0.25, 0.3) is 0 Å². The minimum absolute atomic E-state index is 0.183. The Morgan fingerprint density at radius 3 is 2.05 bits per heavy atom. The van der Waals surface area contributed by atoms with Crippen LogP contribution in [0.25, 0.3) is 0 Å². The van der Waals surface area contributed by atoms with Crippen molar-refractivity contribution in [3.63, 3.8) is 0 Å². The highest BCUT2D eigenvalue weighted by molar-refractivity contribution is 4.80. The highest BCUT2D eigenvalue weighted by atomic mass is 16.5. The SMILES string of the molecule is COCCCOCCC(CNC(C)(C)C)C(C)(C)C. The van der Waals surface area contributed by atoms with Crippen LogP contribution in [-0.4, -0.2) is 39.0 Å². The van der Waals surface area contributed by atoms with Crippen molar-refractivity contribution in [2.75, 3.05) is 33.5 Å². The molecule has 0 rings (SSSR count). The fraction of sp³-hybridized carbons (Fsp3) is 1.00. The van der Waals surface area contributed by atoms with Gasteiger partial charge in [0.05, 0.1) is 0 Å². The van der Waals surface area contributed by atoms with E-state index in [1.807, 2.05) is 0 Å². The van der Waals surface area contributed by atoms with Gasteiger partial charge in [0.1, 0.15) is 0 Å². The first-order valence-electron chi connectivity index (χ1n) is 7.48. The molecule has 19 heavy (non-hydrogen) atoms. The van der Waals surface area contributed by atoms with Gasteiger partial charge < -0.3 is 14.8 Å². The third-order valence-electron chi connectivity index (χ3n) is 3.35. The van der Waals surface area contributed by atoms with Crippen molar-refractivity contribution in [1.82, 2.24) is 5.32 Å². The minimum atomic E-state index is 0.183. The van der Waals surface area contributed by atoms with Crippen molar-refractivity contribution in [1.29, 1.82) is 0 Å². The van der Waals surface area contributed by atoms with E-state index >= 15 is 0 Å². The van der Waals surface area contributed by atoms with E-state index in [2.05, 4.69) is 46.9 Å². The number of hydrogen-bond donors (Lipinski definition) is 1. The van der Waals surface area contributed by atoms with Crippen molar-refractivity contribution >= 4 is 0 Å². The molecule has 1 N–H and O–H groups in total. The molecule has 0 amide bonds. The van der Waals surface area contributed by atoms with Crippen molar-refractivity contribution in [2.24, 2.45) is 11.3 Å². The Labute approximate surface area is 120 Å². The van der Waals surface area contributed by atoms with Gasteiger partial charge in [-0.3, -0.25) is 0 Å². The van der Waals surface area contributed by atoms with Crippen LogP contribution in [0.2, 0.25) is 0 Å². The first-order valence-corrected chi connectivity index (χ1v) is 7.48. The first-order chi connectivity index (χ1) is 8.67. The molecular formula is C16H35NO2. The van der Waals surface area contributed by atoms with Crippen LogP contribution in [0, 0.1) is 11.3 Å². The maximum Gasteiger partial charge on any atom is 0.0487 e. The summed E-state index contributed by atoms with van der Waals surface area (Å²) in [5, 5.41) is 3.61. The van der Waals surface area contributed by atoms with Gasteiger partial charge >= 0.3 is 0 Å². The normalized spacial score (nSPS) is 14.7. The van der Waals surface area contributed by atoms with Crippen LogP contribution in [0.1, 0.15) is 54.4 Å². The van der Waals surface area contributed by atoms with Crippen LogP contribution in [0.4, 0.5) is 0 Å². The van der Waals surface area contributed by atoms with Crippen LogP contribution in [0.3, 0.4) is 0 Å². The van der Waals surface area contributed by atoms with Crippen molar-refractivity contribution in [2.45, 2.75) is 59.9 Å². The third kappa shape index (κ3) is 11.4. The molecule has 0 aromatic heterocycles. The summed E-state index contributed by atoms with van der Waals surface area (Å²) in [6.07, 6.45) is 2.09. The maximum atomic E-state index is 5.69. The lowest BCUT2D eigenvalue weighted by atomic mass is 9.78. The quantitative estimate of drug-likeness (QED) is 0.652. The summed E-state index contributed by atoms with van der Waals surface area (Å²) in [7, 11) is 1.73. The zero-order valence-corrected chi connectivity index (χ0v) is 14.1. The summed E-state index contributed by atoms with van der Waals surface area (Å²) in [6, 6.07) is 0. The molecule has 3 heteroatoms. The van der Waals surface area contributed by atoms with E-state index in [9.17, 15) is 0 Å². The Kier molecular flexibility index (Phi) is 8.88. The van der Waals surface area contributed by atoms with Gasteiger partial charge in [0.2, 0.25) is 0 Å². The molecule has 0 heterocycles. The molecular weight excluding hydrogens is 238 g/mol. The highest BCUT2D eigenvalue weighted by Crippen LogP contribution is 2.28. The molecule has 0 aliphatic heterocycles. The first kappa shape index (κ1) is 18.9. The minimum Gasteiger partial charge on any atom is -0.385 e. The van der Waals surface area contributed by atoms with E-state index in [1.165, 1.54) is 0 Å². The predicted octanol–water partition coefficient (Wildman–Crippen LogP) is 3.48. The van der Waals surface area contributed by atoms with Gasteiger partial charge in [0.15, 0.2) is 0 Å². The summed E-state index contributed by atoms with van der Waals surface area (Å²) < 4.78 is 10.7. The lowest BCUT2D eigenvalue weighted by Gasteiger charge is -2.34. The lowest BCUT2D eigenvalue weighted by Crippen LogP contribution is -2.42. The fourth-order valence-corrected chi connectivity index (χ4v) is 1.90. The average Bonchev–Trinajstić information content (AvgIpc) is 2.23. The van der Waals surface area contributed by atoms with E-state index in [0.29, 0.717) is 11.3 Å². The number of ether oxygens (including phenoxy) is 2. The molecule has 0 aromatic rings. The standard InChI is InChI=1S/C16H35NO2/c1-15(2,3)14(13-17-16(4,5)6)9-12-19-11-8-10-18-7/h14,17H,8-13H2,1-7H3. The molecule has 1 unspecified atom stereocenters. The molecule has 0 aliphatic rings. The van der Waals surface area contributed by atoms with E-state index in [0.717, 1.165) is 39.2 Å². The topological polar surface area (TPSA) is 30.5 Å². The van der Waals surface area contributed by atoms with Gasteiger partial charge in [-0.15, -0.1) is 0 Å². The molecule has 0 fully saturated rings. The number of hydrogen-bond acceptors (Lipinski definition) is 3. The molecule has 116 valence electrons. The van der Waals surface area contributed by atoms with Crippen molar-refractivity contribution in [3.05, 3.63) is 0 Å². The molecule has 0 aromatic carbocycles. The van der Waals surface area contributed by atoms with Crippen molar-refractivity contribution in [3.8, 4) is 0 Å². The molecule has 0 aliphatic carbocycles. The van der Waals surface area contributed by atoms with Gasteiger partial charge in [-0.2, -0.15) is 0 Å². The molecule has 0 saturated carbocycles. The van der Waals surface area contributed by atoms with E-state index < -0.39 is 0 Å². The molecule has 0 spiro atoms. The third-order valence-corrected chi connectivity index (χ3v) is 3.35. The zero-order valence-electron chi connectivity index (χ0n) is 14.1. The second kappa shape index (κ2) is 8.93. The number of methoxy groups -OCH3 is 1. The lowest BCUT2D eigenvalue weighted by molar-refractivity contribution is 0.0774. The van der Waals surface area contributed by atoms with Crippen LogP contribution in [-0.2, 0) is 9.47 Å². The van der Waals surface area contributed by atoms with Crippen LogP contribution >= 0.6 is 0 Å². The Morgan fingerprint density at radius 2 is 1.58 bits per heavy atom. The van der Waals surface area contributed by atoms with Gasteiger partial charge in [-0.05, 0) is 51.5 Å². The van der Waals surface area contributed by atoms with E-state index in [4.69, 9.17) is 9.47 Å². The van der Waals surface area contributed by atoms with Crippen molar-refractivity contribution < 1.29 is 9.47 Å². The summed E-state index contributed by atoms with van der Waals surface area (Å²) in [5.41, 5.74) is 0.497. The summed E-state index contributed by atoms with van der Waals surface area (Å²) >= 11 is 0. The molecule has 0 radical (unpaired) electrons. The predicted molar refractivity (Wildman–Crippen MR) is 82.6 cm³/mol. The fourth-order valence-electron chi connectivity index (χ4n) is 1.90. The maximum absolute atomic E-state index is 5.69. The van der Waals surface area contributed by atoms with Gasteiger partial charge in [-0.1, -0.05) is 20.8 Å². The van der Waals surface area contributed by atoms with Gasteiger partial charge in [0, 0.05) is 32.5 Å². The second-order valence-electron chi connectivity index (χ2n) is 7.44. The highest BCUT2D eigenvalue weighted by Gasteiger charge is 2.25. The monoisotopic (exact) mass is 273 g/mol. The molecule has 0 bridgehead atoms. The Balaban J connectivity index is 3.95. The largest absolute Gasteiger partial charge is 0.385 e. The zero-order chi connectivity index (χ0) is 14.9. The Morgan fingerprint density at radius 1 is 0.947 bits per heavy atom. The Hall–Kier alpha value is -0.120. The van der Waals surface area contributed by atoms with E-state index in [1.54, 1.807) is 7.11 Å².